The molecule has 1 nitrogen and oxygen atoms in total. The summed E-state index contributed by atoms with van der Waals surface area (Å²) in [5, 5.41) is 0. The predicted molar refractivity (Wildman–Crippen MR) is 38.8 cm³/mol. The van der Waals surface area contributed by atoms with Crippen LogP contribution in [0.1, 0.15) is 4.11 Å². The van der Waals surface area contributed by atoms with Crippen molar-refractivity contribution in [2.45, 2.75) is 4.90 Å². The van der Waals surface area contributed by atoms with Crippen molar-refractivity contribution in [3.63, 3.8) is 0 Å². The number of hydrogen-bond acceptors (Lipinski definition) is 1. The zero-order valence-electron chi connectivity index (χ0n) is 7.70. The second kappa shape index (κ2) is 2.78. The molecule has 1 unspecified atom stereocenters. The van der Waals surface area contributed by atoms with Crippen molar-refractivity contribution >= 4 is 10.8 Å². The van der Waals surface area contributed by atoms with Crippen LogP contribution < -0.4 is 0 Å². The van der Waals surface area contributed by atoms with E-state index in [1.165, 1.54) is 0 Å². The van der Waals surface area contributed by atoms with Crippen molar-refractivity contribution in [3.05, 3.63) is 30.3 Å². The molecule has 0 saturated carbocycles. The molecule has 0 spiro atoms. The largest absolute Gasteiger partial charge is 0.255 e. The first-order valence-corrected chi connectivity index (χ1v) is 3.64. The highest BCUT2D eigenvalue weighted by Crippen LogP contribution is 2.01. The summed E-state index contributed by atoms with van der Waals surface area (Å²) in [5.41, 5.74) is 0. The van der Waals surface area contributed by atoms with Gasteiger partial charge in [-0.25, -0.2) is 0 Å². The lowest BCUT2D eigenvalue weighted by atomic mass is 10.4. The van der Waals surface area contributed by atoms with Crippen LogP contribution in [0.4, 0.5) is 0 Å². The predicted octanol–water partition coefficient (Wildman–Crippen LogP) is 1.42. The monoisotopic (exact) mass is 144 g/mol. The van der Waals surface area contributed by atoms with Gasteiger partial charge < -0.3 is 0 Å². The van der Waals surface area contributed by atoms with Gasteiger partial charge in [-0.05, 0) is 12.1 Å². The van der Waals surface area contributed by atoms with Crippen LogP contribution in [-0.4, -0.2) is 10.4 Å². The van der Waals surface area contributed by atoms with Crippen LogP contribution in [0.25, 0.3) is 0 Å². The van der Waals surface area contributed by atoms with Crippen LogP contribution in [0.15, 0.2) is 35.2 Å². The molecule has 0 N–H and O–H groups in total. The molecular formula is C7H8OS. The van der Waals surface area contributed by atoms with E-state index in [1.807, 2.05) is 0 Å². The maximum atomic E-state index is 11.2. The van der Waals surface area contributed by atoms with E-state index in [4.69, 9.17) is 4.11 Å². The third-order valence-electron chi connectivity index (χ3n) is 0.957. The molecule has 0 aliphatic heterocycles. The first kappa shape index (κ1) is 3.52. The molecule has 0 saturated heterocycles. The van der Waals surface area contributed by atoms with Crippen LogP contribution >= 0.6 is 0 Å². The molecule has 0 aliphatic carbocycles. The van der Waals surface area contributed by atoms with Gasteiger partial charge in [-0.15, -0.1) is 0 Å². The molecule has 0 aromatic heterocycles. The summed E-state index contributed by atoms with van der Waals surface area (Å²) in [7, 11) is -1.90. The lowest BCUT2D eigenvalue weighted by Crippen LogP contribution is -1.83. The van der Waals surface area contributed by atoms with Gasteiger partial charge in [-0.3, -0.25) is 4.21 Å². The molecule has 1 atom stereocenters. The quantitative estimate of drug-likeness (QED) is 0.545. The molecule has 0 radical (unpaired) electrons. The summed E-state index contributed by atoms with van der Waals surface area (Å²) in [6, 6.07) is 8.17. The highest BCUT2D eigenvalue weighted by atomic mass is 32.2. The summed E-state index contributed by atoms with van der Waals surface area (Å²) >= 11 is 0. The van der Waals surface area contributed by atoms with Crippen molar-refractivity contribution in [2.24, 2.45) is 0 Å². The molecule has 1 aromatic rings. The number of hydrogen-bond donors (Lipinski definition) is 0. The van der Waals surface area contributed by atoms with Gasteiger partial charge in [0, 0.05) is 26.0 Å². The van der Waals surface area contributed by atoms with E-state index in [0.29, 0.717) is 4.90 Å². The Balaban J connectivity index is 2.94. The van der Waals surface area contributed by atoms with E-state index >= 15 is 0 Å². The second-order valence-corrected chi connectivity index (χ2v) is 2.59. The van der Waals surface area contributed by atoms with Gasteiger partial charge in [0.1, 0.15) is 0 Å². The second-order valence-electron chi connectivity index (χ2n) is 1.58. The zero-order chi connectivity index (χ0) is 9.19. The van der Waals surface area contributed by atoms with Gasteiger partial charge >= 0.3 is 0 Å². The molecule has 48 valence electrons. The van der Waals surface area contributed by atoms with Gasteiger partial charge in [0.15, 0.2) is 0 Å². The van der Waals surface area contributed by atoms with Gasteiger partial charge in [-0.2, -0.15) is 0 Å². The zero-order valence-corrected chi connectivity index (χ0v) is 5.52. The van der Waals surface area contributed by atoms with Crippen LogP contribution in [0.2, 0.25) is 0 Å². The van der Waals surface area contributed by atoms with Gasteiger partial charge in [0.25, 0.3) is 0 Å². The normalized spacial score (nSPS) is 19.3. The third kappa shape index (κ3) is 1.64. The fourth-order valence-corrected chi connectivity index (χ4v) is 0.948. The molecule has 2 heteroatoms. The third-order valence-corrected chi connectivity index (χ3v) is 1.66. The van der Waals surface area contributed by atoms with E-state index < -0.39 is 17.0 Å². The fourth-order valence-electron chi connectivity index (χ4n) is 0.544. The molecule has 0 bridgehead atoms. The van der Waals surface area contributed by atoms with Crippen LogP contribution in [0, 0.1) is 0 Å². The molecule has 1 aromatic carbocycles. The van der Waals surface area contributed by atoms with Crippen LogP contribution in [0.3, 0.4) is 0 Å². The van der Waals surface area contributed by atoms with Gasteiger partial charge in [0.05, 0.1) is 0 Å². The molecule has 0 fully saturated rings. The van der Waals surface area contributed by atoms with E-state index in [-0.39, 0.29) is 0 Å². The minimum Gasteiger partial charge on any atom is -0.255 e. The Morgan fingerprint density at radius 3 is 2.67 bits per heavy atom. The first-order valence-electron chi connectivity index (χ1n) is 3.99. The lowest BCUT2D eigenvalue weighted by Gasteiger charge is -1.90. The summed E-state index contributed by atoms with van der Waals surface area (Å²) in [4.78, 5) is 0.345. The van der Waals surface area contributed by atoms with Crippen molar-refractivity contribution in [1.29, 1.82) is 0 Å². The minimum absolute atomic E-state index is 0.345. The Kier molecular flexibility index (Phi) is 1.09. The Bertz CT molecular complexity index is 280. The van der Waals surface area contributed by atoms with E-state index in [2.05, 4.69) is 0 Å². The number of rotatable bonds is 1. The summed E-state index contributed by atoms with van der Waals surface area (Å²) < 4.78 is 31.9. The Labute approximate surface area is 61.4 Å². The molecule has 0 aliphatic rings. The van der Waals surface area contributed by atoms with Gasteiger partial charge in [-0.1, -0.05) is 18.2 Å². The smallest absolute Gasteiger partial charge is 0.0498 e. The summed E-state index contributed by atoms with van der Waals surface area (Å²) in [6.45, 7) is 0. The summed E-state index contributed by atoms with van der Waals surface area (Å²) in [6.07, 6.45) is -2.42. The van der Waals surface area contributed by atoms with E-state index in [0.717, 1.165) is 0 Å². The summed E-state index contributed by atoms with van der Waals surface area (Å²) in [5.74, 6) is 0. The maximum absolute atomic E-state index is 11.2. The van der Waals surface area contributed by atoms with Gasteiger partial charge in [0.2, 0.25) is 0 Å². The lowest BCUT2D eigenvalue weighted by molar-refractivity contribution is 0.687. The van der Waals surface area contributed by atoms with Crippen molar-refractivity contribution < 1.29 is 8.32 Å². The Morgan fingerprint density at radius 2 is 2.11 bits per heavy atom. The van der Waals surface area contributed by atoms with E-state index in [9.17, 15) is 4.21 Å². The van der Waals surface area contributed by atoms with Crippen molar-refractivity contribution in [2.75, 3.05) is 6.18 Å². The molecule has 0 heterocycles. The fraction of sp³-hybridized carbons (Fsp3) is 0.143. The molecule has 9 heavy (non-hydrogen) atoms. The van der Waals surface area contributed by atoms with Crippen molar-refractivity contribution in [3.8, 4) is 0 Å². The topological polar surface area (TPSA) is 17.1 Å². The Morgan fingerprint density at radius 1 is 1.44 bits per heavy atom. The van der Waals surface area contributed by atoms with E-state index in [1.54, 1.807) is 30.3 Å². The molecular weight excluding hydrogens is 133 g/mol. The number of benzene rings is 1. The first-order chi connectivity index (χ1) is 5.52. The highest BCUT2D eigenvalue weighted by molar-refractivity contribution is 7.84. The maximum Gasteiger partial charge on any atom is 0.0498 e. The molecule has 0 amide bonds. The average Bonchev–Trinajstić information content (AvgIpc) is 2.03. The average molecular weight is 144 g/mol. The molecule has 1 rings (SSSR count). The van der Waals surface area contributed by atoms with Crippen molar-refractivity contribution in [1.82, 2.24) is 0 Å². The van der Waals surface area contributed by atoms with Crippen LogP contribution in [-0.2, 0) is 10.8 Å². The highest BCUT2D eigenvalue weighted by Gasteiger charge is 1.90. The SMILES string of the molecule is [2H][13C]([2H])([2H])S(=O)c1ccccc1. The van der Waals surface area contributed by atoms with Crippen LogP contribution in [0.5, 0.6) is 0 Å². The standard InChI is InChI=1S/C7H8OS/c1-9(8)7-5-3-2-4-6-7/h2-6H,1H3/i1+1D3. The Hall–Kier alpha value is -0.630. The minimum atomic E-state index is -2.42.